The zero-order valence-corrected chi connectivity index (χ0v) is 20.8. The Bertz CT molecular complexity index is 1210. The molecular formula is C27H169N3O. The minimum Gasteiger partial charge on any atom is -0.343 e. The quantitative estimate of drug-likeness (QED) is 0.316. The van der Waals surface area contributed by atoms with Gasteiger partial charge in [-0.1, -0.05) is 43.7 Å². The summed E-state index contributed by atoms with van der Waals surface area (Å²) in [6.07, 6.45) is 2.20. The van der Waals surface area contributed by atoms with Crippen LogP contribution in [-0.4, -0.2) is 33.3 Å². The van der Waals surface area contributed by atoms with Crippen LogP contribution in [-0.2, 0) is 10.2 Å². The number of amides is 1. The highest BCUT2D eigenvalue weighted by molar-refractivity contribution is 5.90. The van der Waals surface area contributed by atoms with E-state index in [4.69, 9.17) is 4.98 Å². The number of carbonyl (C=O) groups is 1. The van der Waals surface area contributed by atoms with Crippen molar-refractivity contribution < 1.29 is 99.0 Å². The zero-order chi connectivity index (χ0) is 23.2. The summed E-state index contributed by atoms with van der Waals surface area (Å²) in [5, 5.41) is 0. The highest BCUT2D eigenvalue weighted by Gasteiger charge is 2.39. The van der Waals surface area contributed by atoms with Crippen LogP contribution in [0.5, 0.6) is 0 Å². The molecule has 0 saturated carbocycles. The Hall–Kier alpha value is -2.62. The molecule has 0 unspecified atom stereocenters. The van der Waals surface area contributed by atoms with Gasteiger partial charge in [-0.25, -0.2) is 4.98 Å². The first-order valence-corrected chi connectivity index (χ1v) is 11.2. The fourth-order valence-electron chi connectivity index (χ4n) is 4.31. The van der Waals surface area contributed by atoms with E-state index in [0.717, 1.165) is 22.6 Å². The molecule has 0 bridgehead atoms. The van der Waals surface area contributed by atoms with Crippen LogP contribution in [0.25, 0.3) is 16.9 Å². The average Bonchev–Trinajstić information content (AvgIpc) is 3.10. The van der Waals surface area contributed by atoms with Crippen molar-refractivity contribution in [1.82, 2.24) is 14.3 Å². The lowest BCUT2D eigenvalue weighted by atomic mass is 9.84. The van der Waals surface area contributed by atoms with Crippen molar-refractivity contribution in [3.05, 3.63) is 58.4 Å². The fourth-order valence-corrected chi connectivity index (χ4v) is 4.31. The van der Waals surface area contributed by atoms with E-state index in [9.17, 15) is 4.79 Å². The summed E-state index contributed by atoms with van der Waals surface area (Å²) < 4.78 is 2.18. The molecule has 0 spiro atoms. The van der Waals surface area contributed by atoms with Crippen molar-refractivity contribution in [3.63, 3.8) is 0 Å². The van der Waals surface area contributed by atoms with Gasteiger partial charge >= 0.3 is 0 Å². The maximum Gasteiger partial charge on any atom is 0.234 e. The monoisotopic (exact) mass is 552 g/mol. The van der Waals surface area contributed by atoms with Crippen LogP contribution in [0.4, 0.5) is 0 Å². The summed E-state index contributed by atoms with van der Waals surface area (Å²) in [5.41, 5.74) is 8.02. The topological polar surface area (TPSA) is 37.6 Å². The van der Waals surface area contributed by atoms with Gasteiger partial charge in [-0.05, 0) is 71.1 Å². The van der Waals surface area contributed by atoms with E-state index in [1.807, 2.05) is 39.6 Å². The second-order valence-corrected chi connectivity index (χ2v) is 9.99. The SMILES string of the molecule is Cc1ccc(-c2nc3c(C)c(C)c(C(C)C)cn3c2C(C)(C)C(=O)N(C)C(C)C)cc1.[HH].[HH].[HH].[HH].[HH].[HH].[HH].[HH].[HH].[HH].[HH].[HH].[HH].[HH].[HH].[HH].[HH].[HH].[HH].[HH].[HH].[HH].[HH].[HH].[HH].[HH].[HH].[HH].[HH].[HH].[HH].[HH].[HH].[HH].[HH].[HH].[HH].[HH].[HH].[HH].[HH].[HH].[HH].[HH].[HH].[HH].[HH].[HH].[HH].[HH].[HH].[HH].[HH].[HH].[HH].[HH].[HH].[HH].[HH].[HH].[HH].[HH].[HH].[HH].[HH].[HH]. The molecule has 31 heavy (non-hydrogen) atoms. The van der Waals surface area contributed by atoms with Crippen molar-refractivity contribution in [2.75, 3.05) is 7.05 Å². The van der Waals surface area contributed by atoms with E-state index in [2.05, 4.69) is 69.5 Å². The van der Waals surface area contributed by atoms with Gasteiger partial charge in [0.05, 0.1) is 16.8 Å². The van der Waals surface area contributed by atoms with Crippen LogP contribution in [0.2, 0.25) is 0 Å². The number of imidazole rings is 1. The zero-order valence-electron chi connectivity index (χ0n) is 20.8. The van der Waals surface area contributed by atoms with Gasteiger partial charge in [-0.3, -0.25) is 4.79 Å². The average molecular weight is 553 g/mol. The Morgan fingerprint density at radius 3 is 2.13 bits per heavy atom. The first kappa shape index (κ1) is 23.1. The molecule has 4 nitrogen and oxygen atoms in total. The lowest BCUT2D eigenvalue weighted by Crippen LogP contribution is -2.45. The van der Waals surface area contributed by atoms with E-state index in [-0.39, 0.29) is 106 Å². The highest BCUT2D eigenvalue weighted by atomic mass is 16.2. The number of hydrogen-bond acceptors (Lipinski definition) is 2. The maximum atomic E-state index is 13.6. The van der Waals surface area contributed by atoms with E-state index in [1.54, 1.807) is 0 Å². The van der Waals surface area contributed by atoms with Gasteiger partial charge in [0.25, 0.3) is 0 Å². The van der Waals surface area contributed by atoms with E-state index in [1.165, 1.54) is 22.3 Å². The second-order valence-electron chi connectivity index (χ2n) is 9.99. The number of pyridine rings is 1. The number of likely N-dealkylation sites (N-methyl/N-ethyl adjacent to an activating group) is 1. The Labute approximate surface area is 285 Å². The predicted octanol–water partition coefficient (Wildman–Crippen LogP) is 22.4. The van der Waals surface area contributed by atoms with Crippen molar-refractivity contribution in [1.29, 1.82) is 0 Å². The van der Waals surface area contributed by atoms with Crippen LogP contribution in [0, 0.1) is 20.8 Å². The largest absolute Gasteiger partial charge is 0.343 e. The number of aromatic nitrogens is 2. The van der Waals surface area contributed by atoms with Gasteiger partial charge in [0.1, 0.15) is 5.65 Å². The van der Waals surface area contributed by atoms with Gasteiger partial charge in [0.2, 0.25) is 5.91 Å². The molecule has 2 aromatic heterocycles. The van der Waals surface area contributed by atoms with Crippen molar-refractivity contribution in [2.24, 2.45) is 0 Å². The number of nitrogens with zero attached hydrogens (tertiary/aromatic N) is 3. The molecule has 0 N–H and O–H groups in total. The molecule has 1 aromatic carbocycles. The van der Waals surface area contributed by atoms with Crippen molar-refractivity contribution in [3.8, 4) is 11.3 Å². The molecule has 0 aliphatic rings. The molecule has 0 fully saturated rings. The molecule has 1 amide bonds. The van der Waals surface area contributed by atoms with E-state index < -0.39 is 5.41 Å². The molecule has 2 heterocycles. The Balaban J connectivity index is -0.00000000266. The van der Waals surface area contributed by atoms with E-state index in [0.29, 0.717) is 5.92 Å². The lowest BCUT2D eigenvalue weighted by Gasteiger charge is -2.32. The summed E-state index contributed by atoms with van der Waals surface area (Å²) in [6, 6.07) is 8.56. The summed E-state index contributed by atoms with van der Waals surface area (Å²) >= 11 is 0. The van der Waals surface area contributed by atoms with Crippen molar-refractivity contribution in [2.45, 2.75) is 79.7 Å². The van der Waals surface area contributed by atoms with Crippen LogP contribution in [0.1, 0.15) is 170 Å². The first-order valence-electron chi connectivity index (χ1n) is 11.2. The van der Waals surface area contributed by atoms with Gasteiger partial charge in [-0.15, -0.1) is 0 Å². The van der Waals surface area contributed by atoms with Crippen LogP contribution < -0.4 is 0 Å². The van der Waals surface area contributed by atoms with Gasteiger partial charge in [-0.2, -0.15) is 0 Å². The molecular weight excluding hydrogens is 382 g/mol. The Morgan fingerprint density at radius 2 is 1.61 bits per heavy atom. The predicted molar refractivity (Wildman–Crippen MR) is 269 cm³/mol. The number of benzene rings is 1. The Morgan fingerprint density at radius 1 is 1.03 bits per heavy atom. The summed E-state index contributed by atoms with van der Waals surface area (Å²) in [6.45, 7) is 19.0. The normalized spacial score (nSPS) is 12.3. The molecule has 0 atom stereocenters. The minimum absolute atomic E-state index is 0. The molecule has 0 aliphatic heterocycles. The fraction of sp³-hybridized carbons (Fsp3) is 0.481. The number of rotatable bonds is 5. The molecule has 4 heteroatoms. The number of hydrogen-bond donors (Lipinski definition) is 0. The molecule has 298 valence electrons. The van der Waals surface area contributed by atoms with Gasteiger partial charge < -0.3 is 9.30 Å². The van der Waals surface area contributed by atoms with Crippen LogP contribution in [0.3, 0.4) is 0 Å². The molecule has 3 rings (SSSR count). The van der Waals surface area contributed by atoms with Gasteiger partial charge in [0, 0.05) is 119 Å². The summed E-state index contributed by atoms with van der Waals surface area (Å²) in [5.74, 6) is 0.486. The Kier molecular flexibility index (Phi) is 6.05. The third kappa shape index (κ3) is 3.88. The summed E-state index contributed by atoms with van der Waals surface area (Å²) in [4.78, 5) is 20.6. The summed E-state index contributed by atoms with van der Waals surface area (Å²) in [7, 11) is 1.89. The maximum absolute atomic E-state index is 13.6. The van der Waals surface area contributed by atoms with E-state index >= 15 is 0 Å². The van der Waals surface area contributed by atoms with Crippen LogP contribution in [0.15, 0.2) is 30.5 Å². The lowest BCUT2D eigenvalue weighted by molar-refractivity contribution is -0.136. The molecule has 3 aromatic rings. The second kappa shape index (κ2) is 8.14. The standard InChI is InChI=1S/C27H37N3O.66H2/c1-16(2)22-15-30-24(27(8,9)26(31)29(10)17(3)4)23(21-13-11-18(5)12-14-21)28-25(30)20(7)19(22)6;;;;;;;;;;;;;;;;;;;;;;;;;;;;;;;;;;;;;;;;;;;;;;;;;;;;;;;;;;;;;;;;;;/h11-17H,1-10H3;66*1H. The first-order chi connectivity index (χ1) is 14.4. The van der Waals surface area contributed by atoms with Crippen molar-refractivity contribution >= 4 is 11.6 Å². The third-order valence-corrected chi connectivity index (χ3v) is 6.68. The number of carbonyl (C=O) groups excluding carboxylic acids is 1. The molecule has 0 radical (unpaired) electrons. The molecule has 0 aliphatic carbocycles. The smallest absolute Gasteiger partial charge is 0.234 e. The third-order valence-electron chi connectivity index (χ3n) is 6.68. The minimum atomic E-state index is -0.741. The number of aryl methyl sites for hydroxylation is 2. The van der Waals surface area contributed by atoms with Crippen LogP contribution >= 0.6 is 0 Å². The molecule has 0 saturated heterocycles. The highest BCUT2D eigenvalue weighted by Crippen LogP contribution is 2.38. The number of fused-ring (bicyclic) bond motifs is 1. The van der Waals surface area contributed by atoms with Gasteiger partial charge in [0.15, 0.2) is 0 Å².